The highest BCUT2D eigenvalue weighted by Crippen LogP contribution is 2.26. The third-order valence-electron chi connectivity index (χ3n) is 4.36. The van der Waals surface area contributed by atoms with Gasteiger partial charge in [-0.2, -0.15) is 9.61 Å². The van der Waals surface area contributed by atoms with Crippen molar-refractivity contribution in [1.82, 2.24) is 29.2 Å². The van der Waals surface area contributed by atoms with Crippen LogP contribution in [0.25, 0.3) is 22.1 Å². The molecule has 0 aliphatic carbocycles. The van der Waals surface area contributed by atoms with Crippen LogP contribution in [0, 0.1) is 17.0 Å². The van der Waals surface area contributed by atoms with Crippen LogP contribution in [0.1, 0.15) is 10.7 Å². The van der Waals surface area contributed by atoms with Crippen molar-refractivity contribution in [3.8, 4) is 17.3 Å². The maximum atomic E-state index is 10.7. The first-order valence-electron chi connectivity index (χ1n) is 8.62. The molecule has 0 saturated carbocycles. The van der Waals surface area contributed by atoms with E-state index in [0.29, 0.717) is 21.5 Å². The van der Waals surface area contributed by atoms with Gasteiger partial charge in [-0.3, -0.25) is 14.5 Å². The number of fused-ring (bicyclic) bond motifs is 2. The van der Waals surface area contributed by atoms with E-state index >= 15 is 0 Å². The van der Waals surface area contributed by atoms with Crippen molar-refractivity contribution in [2.24, 2.45) is 0 Å². The van der Waals surface area contributed by atoms with Crippen LogP contribution in [0.4, 0.5) is 5.69 Å². The molecule has 0 aliphatic heterocycles. The summed E-state index contributed by atoms with van der Waals surface area (Å²) in [4.78, 5) is 15.5. The van der Waals surface area contributed by atoms with Crippen LogP contribution < -0.4 is 4.74 Å². The minimum absolute atomic E-state index is 0.0178. The number of aryl methyl sites for hydroxylation is 1. The van der Waals surface area contributed by atoms with Crippen LogP contribution in [-0.2, 0) is 6.61 Å². The van der Waals surface area contributed by atoms with Gasteiger partial charge < -0.3 is 4.74 Å². The fraction of sp³-hybridized carbons (Fsp3) is 0.111. The summed E-state index contributed by atoms with van der Waals surface area (Å²) in [6.45, 7) is 2.14. The Hall–Kier alpha value is -3.86. The van der Waals surface area contributed by atoms with E-state index in [0.717, 1.165) is 17.0 Å². The lowest BCUT2D eigenvalue weighted by Crippen LogP contribution is -1.99. The van der Waals surface area contributed by atoms with Gasteiger partial charge in [0.15, 0.2) is 5.01 Å². The Morgan fingerprint density at radius 1 is 1.17 bits per heavy atom. The Morgan fingerprint density at radius 2 is 2.00 bits per heavy atom. The maximum Gasteiger partial charge on any atom is 0.269 e. The van der Waals surface area contributed by atoms with Crippen molar-refractivity contribution in [2.75, 3.05) is 0 Å². The van der Waals surface area contributed by atoms with Crippen LogP contribution in [0.5, 0.6) is 5.75 Å². The lowest BCUT2D eigenvalue weighted by Gasteiger charge is -2.03. The third-order valence-corrected chi connectivity index (χ3v) is 5.23. The molecule has 5 rings (SSSR count). The summed E-state index contributed by atoms with van der Waals surface area (Å²) < 4.78 is 9.34. The van der Waals surface area contributed by atoms with Crippen molar-refractivity contribution in [1.29, 1.82) is 0 Å². The van der Waals surface area contributed by atoms with Crippen LogP contribution in [-0.4, -0.2) is 34.1 Å². The zero-order chi connectivity index (χ0) is 20.0. The van der Waals surface area contributed by atoms with Crippen LogP contribution in [0.2, 0.25) is 0 Å². The largest absolute Gasteiger partial charge is 0.486 e. The number of nitrogens with zero attached hydrogens (tertiary/aromatic N) is 7. The smallest absolute Gasteiger partial charge is 0.269 e. The Bertz CT molecular complexity index is 1350. The molecule has 0 saturated heterocycles. The highest BCUT2D eigenvalue weighted by atomic mass is 32.1. The SMILES string of the molecule is Cc1nc2ccccn2c1-c1nnc2sc(COc3ccc([N+](=O)[O-])cc3)nn12. The number of rotatable bonds is 5. The second-order valence-electron chi connectivity index (χ2n) is 6.23. The van der Waals surface area contributed by atoms with Crippen molar-refractivity contribution >= 4 is 27.6 Å². The Labute approximate surface area is 167 Å². The molecule has 144 valence electrons. The molecule has 11 heteroatoms. The van der Waals surface area contributed by atoms with Crippen LogP contribution in [0.3, 0.4) is 0 Å². The van der Waals surface area contributed by atoms with Gasteiger partial charge in [0.1, 0.15) is 23.7 Å². The van der Waals surface area contributed by atoms with Crippen molar-refractivity contribution in [3.05, 3.63) is 69.5 Å². The van der Waals surface area contributed by atoms with Gasteiger partial charge in [-0.15, -0.1) is 10.2 Å². The molecule has 0 amide bonds. The van der Waals surface area contributed by atoms with Crippen molar-refractivity contribution < 1.29 is 9.66 Å². The Morgan fingerprint density at radius 3 is 2.79 bits per heavy atom. The Kier molecular flexibility index (Phi) is 3.95. The van der Waals surface area contributed by atoms with Gasteiger partial charge in [-0.1, -0.05) is 17.4 Å². The second kappa shape index (κ2) is 6.63. The fourth-order valence-electron chi connectivity index (χ4n) is 3.05. The topological polar surface area (TPSA) is 113 Å². The summed E-state index contributed by atoms with van der Waals surface area (Å²) >= 11 is 1.37. The van der Waals surface area contributed by atoms with Crippen LogP contribution >= 0.6 is 11.3 Å². The molecule has 29 heavy (non-hydrogen) atoms. The number of hydrogen-bond donors (Lipinski definition) is 0. The molecule has 0 unspecified atom stereocenters. The first-order valence-corrected chi connectivity index (χ1v) is 9.44. The standard InChI is InChI=1S/C18H13N7O3S/c1-11-16(23-9-3-2-4-14(23)19-11)17-20-21-18-24(17)22-15(29-18)10-28-13-7-5-12(6-8-13)25(26)27/h2-9H,10H2,1H3. The number of hydrogen-bond acceptors (Lipinski definition) is 8. The maximum absolute atomic E-state index is 10.7. The van der Waals surface area contributed by atoms with E-state index in [4.69, 9.17) is 4.74 Å². The normalized spacial score (nSPS) is 11.3. The molecule has 1 aromatic carbocycles. The number of imidazole rings is 1. The zero-order valence-corrected chi connectivity index (χ0v) is 15.9. The van der Waals surface area contributed by atoms with Crippen molar-refractivity contribution in [2.45, 2.75) is 13.5 Å². The predicted octanol–water partition coefficient (Wildman–Crippen LogP) is 3.30. The van der Waals surface area contributed by atoms with Gasteiger partial charge in [-0.05, 0) is 31.2 Å². The lowest BCUT2D eigenvalue weighted by molar-refractivity contribution is -0.384. The van der Waals surface area contributed by atoms with E-state index in [2.05, 4.69) is 20.3 Å². The predicted molar refractivity (Wildman–Crippen MR) is 105 cm³/mol. The summed E-state index contributed by atoms with van der Waals surface area (Å²) in [5, 5.41) is 24.5. The number of pyridine rings is 1. The molecule has 0 fully saturated rings. The molecule has 0 spiro atoms. The van der Waals surface area contributed by atoms with E-state index in [-0.39, 0.29) is 12.3 Å². The number of ether oxygens (including phenoxy) is 1. The molecule has 4 heterocycles. The van der Waals surface area contributed by atoms with Gasteiger partial charge in [0.2, 0.25) is 10.8 Å². The molecule has 5 aromatic rings. The average Bonchev–Trinajstić information content (AvgIpc) is 3.38. The fourth-order valence-corrected chi connectivity index (χ4v) is 3.80. The molecular weight excluding hydrogens is 394 g/mol. The van der Waals surface area contributed by atoms with E-state index in [1.807, 2.05) is 35.7 Å². The molecule has 0 bridgehead atoms. The van der Waals surface area contributed by atoms with Gasteiger partial charge >= 0.3 is 0 Å². The summed E-state index contributed by atoms with van der Waals surface area (Å²) in [6, 6.07) is 11.7. The zero-order valence-electron chi connectivity index (χ0n) is 15.1. The number of nitro groups is 1. The van der Waals surface area contributed by atoms with E-state index in [9.17, 15) is 10.1 Å². The summed E-state index contributed by atoms with van der Waals surface area (Å²) in [5.74, 6) is 1.13. The minimum atomic E-state index is -0.448. The Balaban J connectivity index is 1.44. The quantitative estimate of drug-likeness (QED) is 0.324. The first kappa shape index (κ1) is 17.3. The number of benzene rings is 1. The first-order chi connectivity index (χ1) is 14.1. The van der Waals surface area contributed by atoms with Crippen molar-refractivity contribution in [3.63, 3.8) is 0 Å². The summed E-state index contributed by atoms with van der Waals surface area (Å²) in [7, 11) is 0. The number of aromatic nitrogens is 6. The van der Waals surface area contributed by atoms with Gasteiger partial charge in [0.05, 0.1) is 10.6 Å². The molecule has 10 nitrogen and oxygen atoms in total. The minimum Gasteiger partial charge on any atom is -0.486 e. The van der Waals surface area contributed by atoms with E-state index < -0.39 is 4.92 Å². The third kappa shape index (κ3) is 2.97. The molecule has 0 N–H and O–H groups in total. The molecule has 0 radical (unpaired) electrons. The number of nitro benzene ring substituents is 1. The summed E-state index contributed by atoms with van der Waals surface area (Å²) in [5.41, 5.74) is 2.52. The second-order valence-corrected chi connectivity index (χ2v) is 7.27. The summed E-state index contributed by atoms with van der Waals surface area (Å²) in [6.07, 6.45) is 1.93. The highest BCUT2D eigenvalue weighted by molar-refractivity contribution is 7.16. The van der Waals surface area contributed by atoms with Crippen LogP contribution in [0.15, 0.2) is 48.7 Å². The number of non-ortho nitro benzene ring substituents is 1. The van der Waals surface area contributed by atoms with E-state index in [1.165, 1.54) is 23.5 Å². The lowest BCUT2D eigenvalue weighted by atomic mass is 10.3. The van der Waals surface area contributed by atoms with Gasteiger partial charge in [0.25, 0.3) is 5.69 Å². The molecule has 0 atom stereocenters. The average molecular weight is 407 g/mol. The monoisotopic (exact) mass is 407 g/mol. The van der Waals surface area contributed by atoms with Gasteiger partial charge in [-0.25, -0.2) is 4.98 Å². The highest BCUT2D eigenvalue weighted by Gasteiger charge is 2.19. The van der Waals surface area contributed by atoms with Gasteiger partial charge in [0, 0.05) is 18.3 Å². The molecular formula is C18H13N7O3S. The molecule has 4 aromatic heterocycles. The van der Waals surface area contributed by atoms with E-state index in [1.54, 1.807) is 16.6 Å². The molecule has 0 aliphatic rings.